The van der Waals surface area contributed by atoms with Gasteiger partial charge in [-0.05, 0) is 33.6 Å². The topological polar surface area (TPSA) is 82.1 Å². The Kier molecular flexibility index (Phi) is 24.1. The average molecular weight is 638 g/mol. The number of carbonyl (C=O) groups is 3. The monoisotopic (exact) mass is 638 g/mol. The SMILES string of the molecule is CCCCCCCCCCCCCC(=O)OC[C@@H]1C[C@@H](OC(=O)CCCCCCCCCCCCC)CN1C(=O)OC(C)(C)C. The number of ether oxygens (including phenoxy) is 3. The van der Waals surface area contributed by atoms with Gasteiger partial charge < -0.3 is 14.2 Å². The molecule has 0 aliphatic carbocycles. The van der Waals surface area contributed by atoms with E-state index in [0.29, 0.717) is 19.3 Å². The van der Waals surface area contributed by atoms with Crippen LogP contribution in [-0.4, -0.2) is 53.8 Å². The van der Waals surface area contributed by atoms with Gasteiger partial charge in [0.05, 0.1) is 12.6 Å². The predicted molar refractivity (Wildman–Crippen MR) is 184 cm³/mol. The van der Waals surface area contributed by atoms with Gasteiger partial charge in [-0.2, -0.15) is 0 Å². The third-order valence-electron chi connectivity index (χ3n) is 8.71. The van der Waals surface area contributed by atoms with E-state index < -0.39 is 17.8 Å². The van der Waals surface area contributed by atoms with Gasteiger partial charge in [0.15, 0.2) is 0 Å². The van der Waals surface area contributed by atoms with Gasteiger partial charge in [0, 0.05) is 19.3 Å². The molecule has 1 aliphatic heterocycles. The molecule has 2 atom stereocenters. The summed E-state index contributed by atoms with van der Waals surface area (Å²) in [5, 5.41) is 0. The molecule has 7 nitrogen and oxygen atoms in total. The van der Waals surface area contributed by atoms with Crippen molar-refractivity contribution in [1.29, 1.82) is 0 Å². The summed E-state index contributed by atoms with van der Waals surface area (Å²) in [6.07, 6.45) is 27.5. The Morgan fingerprint density at radius 1 is 0.600 bits per heavy atom. The molecule has 0 bridgehead atoms. The van der Waals surface area contributed by atoms with Gasteiger partial charge in [-0.1, -0.05) is 142 Å². The minimum absolute atomic E-state index is 0.1000. The molecule has 0 radical (unpaired) electrons. The van der Waals surface area contributed by atoms with Crippen molar-refractivity contribution in [2.24, 2.45) is 0 Å². The van der Waals surface area contributed by atoms with Gasteiger partial charge >= 0.3 is 18.0 Å². The molecule has 0 spiro atoms. The van der Waals surface area contributed by atoms with Crippen molar-refractivity contribution in [3.8, 4) is 0 Å². The Morgan fingerprint density at radius 3 is 1.42 bits per heavy atom. The number of amides is 1. The molecule has 7 heteroatoms. The molecular formula is C38H71NO6. The van der Waals surface area contributed by atoms with E-state index in [-0.39, 0.29) is 31.1 Å². The van der Waals surface area contributed by atoms with Crippen molar-refractivity contribution in [2.75, 3.05) is 13.2 Å². The first kappa shape index (κ1) is 41.2. The van der Waals surface area contributed by atoms with Crippen LogP contribution in [0.1, 0.15) is 195 Å². The van der Waals surface area contributed by atoms with Crippen molar-refractivity contribution in [2.45, 2.75) is 213 Å². The maximum absolute atomic E-state index is 12.9. The normalized spacial score (nSPS) is 16.6. The third-order valence-corrected chi connectivity index (χ3v) is 8.71. The molecule has 1 fully saturated rings. The summed E-state index contributed by atoms with van der Waals surface area (Å²) in [5.74, 6) is -0.443. The molecule has 1 saturated heterocycles. The largest absolute Gasteiger partial charge is 0.463 e. The van der Waals surface area contributed by atoms with Crippen LogP contribution in [-0.2, 0) is 23.8 Å². The Labute approximate surface area is 277 Å². The number of hydrogen-bond acceptors (Lipinski definition) is 6. The van der Waals surface area contributed by atoms with Gasteiger partial charge in [-0.3, -0.25) is 14.5 Å². The predicted octanol–water partition coefficient (Wildman–Crippen LogP) is 10.9. The minimum atomic E-state index is -0.642. The molecule has 0 aromatic carbocycles. The summed E-state index contributed by atoms with van der Waals surface area (Å²) in [6, 6.07) is -0.360. The molecular weight excluding hydrogens is 566 g/mol. The zero-order valence-corrected chi connectivity index (χ0v) is 30.1. The highest BCUT2D eigenvalue weighted by molar-refractivity contribution is 5.71. The number of carbonyl (C=O) groups excluding carboxylic acids is 3. The van der Waals surface area contributed by atoms with E-state index in [0.717, 1.165) is 38.5 Å². The summed E-state index contributed by atoms with van der Waals surface area (Å²) < 4.78 is 17.0. The van der Waals surface area contributed by atoms with E-state index in [4.69, 9.17) is 14.2 Å². The van der Waals surface area contributed by atoms with Crippen LogP contribution in [0.4, 0.5) is 4.79 Å². The molecule has 1 aliphatic rings. The van der Waals surface area contributed by atoms with Crippen LogP contribution >= 0.6 is 0 Å². The lowest BCUT2D eigenvalue weighted by molar-refractivity contribution is -0.149. The van der Waals surface area contributed by atoms with Crippen LogP contribution in [0.5, 0.6) is 0 Å². The molecule has 0 aromatic heterocycles. The van der Waals surface area contributed by atoms with Crippen LogP contribution in [0.25, 0.3) is 0 Å². The molecule has 0 saturated carbocycles. The number of hydrogen-bond donors (Lipinski definition) is 0. The Bertz CT molecular complexity index is 764. The first-order chi connectivity index (χ1) is 21.7. The number of nitrogens with zero attached hydrogens (tertiary/aromatic N) is 1. The lowest BCUT2D eigenvalue weighted by atomic mass is 10.1. The summed E-state index contributed by atoms with van der Waals surface area (Å²) in [6.45, 7) is 10.3. The Hall–Kier alpha value is -1.79. The summed E-state index contributed by atoms with van der Waals surface area (Å²) in [4.78, 5) is 39.6. The van der Waals surface area contributed by atoms with Crippen LogP contribution in [0.2, 0.25) is 0 Å². The van der Waals surface area contributed by atoms with Crippen LogP contribution in [0.3, 0.4) is 0 Å². The molecule has 45 heavy (non-hydrogen) atoms. The van der Waals surface area contributed by atoms with Crippen molar-refractivity contribution < 1.29 is 28.6 Å². The fourth-order valence-corrected chi connectivity index (χ4v) is 6.03. The number of unbranched alkanes of at least 4 members (excludes halogenated alkanes) is 20. The highest BCUT2D eigenvalue weighted by atomic mass is 16.6. The maximum Gasteiger partial charge on any atom is 0.410 e. The second kappa shape index (κ2) is 26.3. The summed E-state index contributed by atoms with van der Waals surface area (Å²) in [5.41, 5.74) is -0.642. The number of likely N-dealkylation sites (tertiary alicyclic amines) is 1. The third kappa shape index (κ3) is 23.2. The highest BCUT2D eigenvalue weighted by Gasteiger charge is 2.40. The zero-order valence-electron chi connectivity index (χ0n) is 30.1. The maximum atomic E-state index is 12.9. The number of rotatable bonds is 27. The molecule has 0 unspecified atom stereocenters. The van der Waals surface area contributed by atoms with Crippen molar-refractivity contribution in [3.63, 3.8) is 0 Å². The Morgan fingerprint density at radius 2 is 1.00 bits per heavy atom. The molecule has 1 amide bonds. The van der Waals surface area contributed by atoms with Gasteiger partial charge in [0.2, 0.25) is 0 Å². The molecule has 1 heterocycles. The van der Waals surface area contributed by atoms with E-state index in [1.54, 1.807) is 4.90 Å². The fourth-order valence-electron chi connectivity index (χ4n) is 6.03. The van der Waals surface area contributed by atoms with Gasteiger partial charge in [0.1, 0.15) is 18.3 Å². The van der Waals surface area contributed by atoms with Crippen molar-refractivity contribution in [3.05, 3.63) is 0 Å². The van der Waals surface area contributed by atoms with Crippen molar-refractivity contribution in [1.82, 2.24) is 4.90 Å². The number of esters is 2. The molecule has 264 valence electrons. The quantitative estimate of drug-likeness (QED) is 0.0506. The zero-order chi connectivity index (χ0) is 33.2. The molecule has 1 rings (SSSR count). The lowest BCUT2D eigenvalue weighted by Gasteiger charge is -2.28. The van der Waals surface area contributed by atoms with Crippen LogP contribution < -0.4 is 0 Å². The van der Waals surface area contributed by atoms with E-state index in [9.17, 15) is 14.4 Å². The second-order valence-corrected chi connectivity index (χ2v) is 14.4. The minimum Gasteiger partial charge on any atom is -0.463 e. The van der Waals surface area contributed by atoms with Crippen LogP contribution in [0, 0.1) is 0 Å². The van der Waals surface area contributed by atoms with Gasteiger partial charge in [-0.25, -0.2) is 4.79 Å². The lowest BCUT2D eigenvalue weighted by Crippen LogP contribution is -2.42. The average Bonchev–Trinajstić information content (AvgIpc) is 3.39. The van der Waals surface area contributed by atoms with Gasteiger partial charge in [-0.15, -0.1) is 0 Å². The first-order valence-corrected chi connectivity index (χ1v) is 19.0. The van der Waals surface area contributed by atoms with E-state index in [2.05, 4.69) is 13.8 Å². The Balaban J connectivity index is 2.30. The first-order valence-electron chi connectivity index (χ1n) is 19.0. The van der Waals surface area contributed by atoms with Crippen molar-refractivity contribution >= 4 is 18.0 Å². The fraction of sp³-hybridized carbons (Fsp3) is 0.921. The second-order valence-electron chi connectivity index (χ2n) is 14.4. The standard InChI is InChI=1S/C38H71NO6/c1-6-8-10-12-14-16-18-20-22-24-26-28-35(40)43-32-33-30-34(31-39(33)37(42)45-38(3,4)5)44-36(41)29-27-25-23-21-19-17-15-13-11-9-7-2/h33-34H,6-32H2,1-5H3/t33-,34+/m0/s1. The van der Waals surface area contributed by atoms with E-state index in [1.165, 1.54) is 103 Å². The summed E-state index contributed by atoms with van der Waals surface area (Å²) in [7, 11) is 0. The van der Waals surface area contributed by atoms with Gasteiger partial charge in [0.25, 0.3) is 0 Å². The van der Waals surface area contributed by atoms with Crippen LogP contribution in [0.15, 0.2) is 0 Å². The smallest absolute Gasteiger partial charge is 0.410 e. The summed E-state index contributed by atoms with van der Waals surface area (Å²) >= 11 is 0. The highest BCUT2D eigenvalue weighted by Crippen LogP contribution is 2.25. The van der Waals surface area contributed by atoms with E-state index in [1.807, 2.05) is 20.8 Å². The van der Waals surface area contributed by atoms with E-state index >= 15 is 0 Å². The molecule has 0 N–H and O–H groups in total. The molecule has 0 aromatic rings.